The van der Waals surface area contributed by atoms with E-state index in [2.05, 4.69) is 10.1 Å². The van der Waals surface area contributed by atoms with Crippen LogP contribution >= 0.6 is 0 Å². The highest BCUT2D eigenvalue weighted by molar-refractivity contribution is 5.95. The van der Waals surface area contributed by atoms with Crippen LogP contribution in [0.2, 0.25) is 0 Å². The second-order valence-electron chi connectivity index (χ2n) is 4.16. The van der Waals surface area contributed by atoms with Crippen LogP contribution in [0.3, 0.4) is 0 Å². The number of methoxy groups -OCH3 is 2. The van der Waals surface area contributed by atoms with Crippen molar-refractivity contribution in [3.05, 3.63) is 53.5 Å². The van der Waals surface area contributed by atoms with Gasteiger partial charge in [0.05, 0.1) is 26.0 Å². The zero-order valence-corrected chi connectivity index (χ0v) is 11.7. The number of esters is 2. The normalized spacial score (nSPS) is 10.0. The van der Waals surface area contributed by atoms with Crippen LogP contribution in [0, 0.1) is 0 Å². The number of hydrogen-bond acceptors (Lipinski definition) is 6. The Balaban J connectivity index is 2.16. The fraction of sp³-hybridized carbons (Fsp3) is 0.200. The minimum Gasteiger partial charge on any atom is -0.465 e. The van der Waals surface area contributed by atoms with E-state index in [9.17, 15) is 9.59 Å². The van der Waals surface area contributed by atoms with E-state index in [4.69, 9.17) is 9.15 Å². The first-order chi connectivity index (χ1) is 10.2. The minimum absolute atomic E-state index is 0.139. The first kappa shape index (κ1) is 14.6. The van der Waals surface area contributed by atoms with E-state index in [1.807, 2.05) is 0 Å². The number of benzene rings is 1. The lowest BCUT2D eigenvalue weighted by atomic mass is 10.1. The molecule has 0 bridgehead atoms. The molecule has 110 valence electrons. The Morgan fingerprint density at radius 3 is 2.52 bits per heavy atom. The molecule has 21 heavy (non-hydrogen) atoms. The average molecular weight is 289 g/mol. The second-order valence-corrected chi connectivity index (χ2v) is 4.16. The Hall–Kier alpha value is -2.76. The van der Waals surface area contributed by atoms with Crippen LogP contribution in [-0.2, 0) is 16.0 Å². The predicted octanol–water partition coefficient (Wildman–Crippen LogP) is 2.46. The summed E-state index contributed by atoms with van der Waals surface area (Å²) < 4.78 is 14.5. The van der Waals surface area contributed by atoms with E-state index in [-0.39, 0.29) is 5.76 Å². The zero-order chi connectivity index (χ0) is 15.2. The summed E-state index contributed by atoms with van der Waals surface area (Å²) in [6, 6.07) is 8.62. The first-order valence-electron chi connectivity index (χ1n) is 6.23. The van der Waals surface area contributed by atoms with Crippen LogP contribution in [-0.4, -0.2) is 26.2 Å². The molecule has 1 N–H and O–H groups in total. The van der Waals surface area contributed by atoms with Gasteiger partial charge in [-0.05, 0) is 18.2 Å². The molecule has 0 aliphatic heterocycles. The summed E-state index contributed by atoms with van der Waals surface area (Å²) in [6.07, 6.45) is 1.41. The lowest BCUT2D eigenvalue weighted by molar-refractivity contribution is 0.0561. The predicted molar refractivity (Wildman–Crippen MR) is 75.2 cm³/mol. The third-order valence-electron chi connectivity index (χ3n) is 2.92. The molecule has 0 unspecified atom stereocenters. The van der Waals surface area contributed by atoms with E-state index >= 15 is 0 Å². The van der Waals surface area contributed by atoms with Crippen LogP contribution in [0.4, 0.5) is 5.69 Å². The highest BCUT2D eigenvalue weighted by Crippen LogP contribution is 2.19. The molecule has 0 saturated heterocycles. The fourth-order valence-electron chi connectivity index (χ4n) is 1.86. The Morgan fingerprint density at radius 1 is 1.10 bits per heavy atom. The topological polar surface area (TPSA) is 77.8 Å². The molecule has 0 fully saturated rings. The SMILES string of the molecule is COC(=O)c1ccccc1NCc1ccoc1C(=O)OC. The smallest absolute Gasteiger partial charge is 0.374 e. The van der Waals surface area contributed by atoms with E-state index in [0.717, 1.165) is 0 Å². The number of nitrogens with one attached hydrogen (secondary N) is 1. The standard InChI is InChI=1S/C15H15NO5/c1-19-14(17)11-5-3-4-6-12(11)16-9-10-7-8-21-13(10)15(18)20-2/h3-8,16H,9H2,1-2H3. The maximum atomic E-state index is 11.7. The third-order valence-corrected chi connectivity index (χ3v) is 2.92. The van der Waals surface area contributed by atoms with Gasteiger partial charge >= 0.3 is 11.9 Å². The van der Waals surface area contributed by atoms with Gasteiger partial charge in [-0.1, -0.05) is 12.1 Å². The number of para-hydroxylation sites is 1. The molecule has 6 heteroatoms. The molecule has 0 atom stereocenters. The summed E-state index contributed by atoms with van der Waals surface area (Å²) in [5, 5.41) is 3.08. The van der Waals surface area contributed by atoms with Gasteiger partial charge < -0.3 is 19.2 Å². The monoisotopic (exact) mass is 289 g/mol. The summed E-state index contributed by atoms with van der Waals surface area (Å²) in [5.41, 5.74) is 1.67. The molecule has 0 spiro atoms. The van der Waals surface area contributed by atoms with Crippen LogP contribution in [0.25, 0.3) is 0 Å². The summed E-state index contributed by atoms with van der Waals surface area (Å²) in [4.78, 5) is 23.2. The van der Waals surface area contributed by atoms with Crippen molar-refractivity contribution in [2.75, 3.05) is 19.5 Å². The summed E-state index contributed by atoms with van der Waals surface area (Å²) in [5.74, 6) is -0.836. The largest absolute Gasteiger partial charge is 0.465 e. The molecule has 1 aromatic carbocycles. The van der Waals surface area contributed by atoms with Crippen molar-refractivity contribution in [2.24, 2.45) is 0 Å². The Kier molecular flexibility index (Phi) is 4.61. The third kappa shape index (κ3) is 3.22. The summed E-state index contributed by atoms with van der Waals surface area (Å²) in [7, 11) is 2.61. The Morgan fingerprint density at radius 2 is 1.81 bits per heavy atom. The molecule has 1 aromatic heterocycles. The van der Waals surface area contributed by atoms with E-state index in [1.165, 1.54) is 20.5 Å². The van der Waals surface area contributed by atoms with Gasteiger partial charge in [-0.15, -0.1) is 0 Å². The number of furan rings is 1. The number of hydrogen-bond donors (Lipinski definition) is 1. The highest BCUT2D eigenvalue weighted by Gasteiger charge is 2.16. The summed E-state index contributed by atoms with van der Waals surface area (Å²) in [6.45, 7) is 0.314. The lowest BCUT2D eigenvalue weighted by Gasteiger charge is -2.10. The molecule has 0 aliphatic rings. The number of rotatable bonds is 5. The van der Waals surface area contributed by atoms with E-state index < -0.39 is 11.9 Å². The van der Waals surface area contributed by atoms with Gasteiger partial charge in [-0.25, -0.2) is 9.59 Å². The van der Waals surface area contributed by atoms with Gasteiger partial charge in [0, 0.05) is 17.8 Å². The van der Waals surface area contributed by atoms with Crippen molar-refractivity contribution in [3.63, 3.8) is 0 Å². The van der Waals surface area contributed by atoms with Crippen molar-refractivity contribution in [1.82, 2.24) is 0 Å². The van der Waals surface area contributed by atoms with E-state index in [1.54, 1.807) is 30.3 Å². The molecular formula is C15H15NO5. The highest BCUT2D eigenvalue weighted by atomic mass is 16.5. The average Bonchev–Trinajstić information content (AvgIpc) is 3.00. The number of carbonyl (C=O) groups is 2. The Labute approximate surface area is 121 Å². The van der Waals surface area contributed by atoms with Crippen LogP contribution in [0.5, 0.6) is 0 Å². The lowest BCUT2D eigenvalue weighted by Crippen LogP contribution is -2.10. The molecule has 1 heterocycles. The van der Waals surface area contributed by atoms with Crippen molar-refractivity contribution in [3.8, 4) is 0 Å². The van der Waals surface area contributed by atoms with Gasteiger partial charge in [0.1, 0.15) is 0 Å². The van der Waals surface area contributed by atoms with Crippen LogP contribution < -0.4 is 5.32 Å². The van der Waals surface area contributed by atoms with Crippen molar-refractivity contribution < 1.29 is 23.5 Å². The van der Waals surface area contributed by atoms with Gasteiger partial charge in [0.15, 0.2) is 0 Å². The molecule has 0 amide bonds. The van der Waals surface area contributed by atoms with Crippen molar-refractivity contribution >= 4 is 17.6 Å². The van der Waals surface area contributed by atoms with Gasteiger partial charge in [-0.3, -0.25) is 0 Å². The van der Waals surface area contributed by atoms with Gasteiger partial charge in [-0.2, -0.15) is 0 Å². The van der Waals surface area contributed by atoms with E-state index in [0.29, 0.717) is 23.4 Å². The number of carbonyl (C=O) groups excluding carboxylic acids is 2. The quantitative estimate of drug-likeness (QED) is 0.852. The first-order valence-corrected chi connectivity index (χ1v) is 6.23. The van der Waals surface area contributed by atoms with Gasteiger partial charge in [0.2, 0.25) is 5.76 Å². The number of anilines is 1. The van der Waals surface area contributed by atoms with Crippen molar-refractivity contribution in [2.45, 2.75) is 6.54 Å². The minimum atomic E-state index is -0.543. The molecule has 0 radical (unpaired) electrons. The molecule has 0 aliphatic carbocycles. The summed E-state index contributed by atoms with van der Waals surface area (Å²) >= 11 is 0. The maximum Gasteiger partial charge on any atom is 0.374 e. The number of ether oxygens (including phenoxy) is 2. The van der Waals surface area contributed by atoms with Crippen molar-refractivity contribution in [1.29, 1.82) is 0 Å². The molecular weight excluding hydrogens is 274 g/mol. The van der Waals surface area contributed by atoms with Crippen LogP contribution in [0.15, 0.2) is 41.0 Å². The molecule has 0 saturated carbocycles. The molecule has 6 nitrogen and oxygen atoms in total. The second kappa shape index (κ2) is 6.60. The molecule has 2 rings (SSSR count). The van der Waals surface area contributed by atoms with Crippen LogP contribution in [0.1, 0.15) is 26.5 Å². The van der Waals surface area contributed by atoms with Gasteiger partial charge in [0.25, 0.3) is 0 Å². The molecule has 2 aromatic rings. The fourth-order valence-corrected chi connectivity index (χ4v) is 1.86. The Bertz CT molecular complexity index is 647. The zero-order valence-electron chi connectivity index (χ0n) is 11.7. The maximum absolute atomic E-state index is 11.7.